The van der Waals surface area contributed by atoms with Crippen molar-refractivity contribution < 1.29 is 5.11 Å². The highest BCUT2D eigenvalue weighted by Gasteiger charge is 2.35. The van der Waals surface area contributed by atoms with Crippen molar-refractivity contribution in [2.45, 2.75) is 38.0 Å². The van der Waals surface area contributed by atoms with Crippen molar-refractivity contribution in [2.24, 2.45) is 0 Å². The van der Waals surface area contributed by atoms with E-state index in [1.165, 1.54) is 11.1 Å². The average molecular weight is 357 g/mol. The molecule has 2 nitrogen and oxygen atoms in total. The summed E-state index contributed by atoms with van der Waals surface area (Å²) in [5.74, 6) is 0. The molecule has 0 fully saturated rings. The Hall–Kier alpha value is -2.42. The zero-order chi connectivity index (χ0) is 18.7. The molecule has 0 radical (unpaired) electrons. The second-order valence-electron chi connectivity index (χ2n) is 7.63. The van der Waals surface area contributed by atoms with Gasteiger partial charge in [0.05, 0.1) is 0 Å². The minimum atomic E-state index is -0.987. The molecule has 4 rings (SSSR count). The maximum absolute atomic E-state index is 11.8. The molecule has 1 atom stereocenters. The number of benzene rings is 3. The van der Waals surface area contributed by atoms with Crippen molar-refractivity contribution in [1.29, 1.82) is 0 Å². The van der Waals surface area contributed by atoms with E-state index in [2.05, 4.69) is 36.1 Å². The fourth-order valence-electron chi connectivity index (χ4n) is 4.28. The molecule has 0 amide bonds. The normalized spacial score (nSPS) is 15.9. The van der Waals surface area contributed by atoms with E-state index in [4.69, 9.17) is 0 Å². The van der Waals surface area contributed by atoms with E-state index in [0.29, 0.717) is 6.42 Å². The summed E-state index contributed by atoms with van der Waals surface area (Å²) in [4.78, 5) is 2.50. The number of hydrogen-bond donors (Lipinski definition) is 1. The molecule has 3 aromatic carbocycles. The Bertz CT molecular complexity index is 836. The number of hydrogen-bond acceptors (Lipinski definition) is 2. The quantitative estimate of drug-likeness (QED) is 0.712. The van der Waals surface area contributed by atoms with Gasteiger partial charge in [0.25, 0.3) is 0 Å². The summed E-state index contributed by atoms with van der Waals surface area (Å²) >= 11 is 0. The van der Waals surface area contributed by atoms with Gasteiger partial charge in [-0.05, 0) is 42.0 Å². The second kappa shape index (κ2) is 7.67. The van der Waals surface area contributed by atoms with Gasteiger partial charge in [0.2, 0.25) is 0 Å². The Morgan fingerprint density at radius 2 is 1.33 bits per heavy atom. The molecule has 27 heavy (non-hydrogen) atoms. The van der Waals surface area contributed by atoms with Crippen molar-refractivity contribution >= 4 is 0 Å². The smallest absolute Gasteiger partial charge is 0.116 e. The van der Waals surface area contributed by atoms with Crippen molar-refractivity contribution in [3.8, 4) is 0 Å². The third-order valence-corrected chi connectivity index (χ3v) is 5.88. The van der Waals surface area contributed by atoms with Crippen molar-refractivity contribution in [1.82, 2.24) is 4.90 Å². The van der Waals surface area contributed by atoms with Crippen LogP contribution in [0.15, 0.2) is 84.9 Å². The maximum Gasteiger partial charge on any atom is 0.116 e. The van der Waals surface area contributed by atoms with Gasteiger partial charge in [-0.15, -0.1) is 0 Å². The van der Waals surface area contributed by atoms with E-state index in [1.54, 1.807) is 0 Å². The molecule has 1 unspecified atom stereocenters. The van der Waals surface area contributed by atoms with Crippen molar-refractivity contribution in [2.75, 3.05) is 6.54 Å². The first kappa shape index (κ1) is 18.0. The van der Waals surface area contributed by atoms with Crippen LogP contribution in [0.1, 0.15) is 35.6 Å². The van der Waals surface area contributed by atoms with Gasteiger partial charge in [-0.2, -0.15) is 0 Å². The first-order valence-electron chi connectivity index (χ1n) is 9.81. The van der Waals surface area contributed by atoms with Crippen LogP contribution in [-0.4, -0.2) is 22.6 Å². The molecule has 1 N–H and O–H groups in total. The summed E-state index contributed by atoms with van der Waals surface area (Å²) in [7, 11) is 0. The molecule has 1 aliphatic rings. The van der Waals surface area contributed by atoms with Gasteiger partial charge in [-0.3, -0.25) is 4.90 Å². The number of rotatable bonds is 5. The summed E-state index contributed by atoms with van der Waals surface area (Å²) in [5, 5.41) is 11.8. The molecule has 2 heteroatoms. The minimum absolute atomic E-state index is 0.267. The summed E-state index contributed by atoms with van der Waals surface area (Å²) in [5.41, 5.74) is 3.81. The molecular weight excluding hydrogens is 330 g/mol. The third kappa shape index (κ3) is 3.69. The lowest BCUT2D eigenvalue weighted by atomic mass is 9.81. The van der Waals surface area contributed by atoms with E-state index in [1.807, 2.05) is 60.7 Å². The second-order valence-corrected chi connectivity index (χ2v) is 7.63. The molecule has 0 aromatic heterocycles. The highest BCUT2D eigenvalue weighted by atomic mass is 16.3. The summed E-state index contributed by atoms with van der Waals surface area (Å²) in [6.45, 7) is 4.24. The van der Waals surface area contributed by atoms with Crippen LogP contribution in [0.4, 0.5) is 0 Å². The van der Waals surface area contributed by atoms with Gasteiger partial charge in [0.1, 0.15) is 5.60 Å². The van der Waals surface area contributed by atoms with E-state index >= 15 is 0 Å². The molecule has 1 aliphatic heterocycles. The number of fused-ring (bicyclic) bond motifs is 1. The molecular formula is C25H27NO. The van der Waals surface area contributed by atoms with Gasteiger partial charge in [-0.25, -0.2) is 0 Å². The number of aliphatic hydroxyl groups is 1. The van der Waals surface area contributed by atoms with Crippen LogP contribution in [0.25, 0.3) is 0 Å². The SMILES string of the molecule is CC(CC(O)(c1ccccc1)c1ccccc1)N1CCc2ccccc2C1. The Kier molecular flexibility index (Phi) is 5.11. The van der Waals surface area contributed by atoms with Crippen molar-refractivity contribution in [3.63, 3.8) is 0 Å². The van der Waals surface area contributed by atoms with Crippen LogP contribution >= 0.6 is 0 Å². The molecule has 138 valence electrons. The first-order chi connectivity index (χ1) is 13.2. The van der Waals surface area contributed by atoms with Gasteiger partial charge in [0.15, 0.2) is 0 Å². The predicted octanol–water partition coefficient (Wildman–Crippen LogP) is 4.76. The Morgan fingerprint density at radius 1 is 0.815 bits per heavy atom. The zero-order valence-electron chi connectivity index (χ0n) is 15.9. The van der Waals surface area contributed by atoms with Crippen LogP contribution in [-0.2, 0) is 18.6 Å². The van der Waals surface area contributed by atoms with Gasteiger partial charge in [-0.1, -0.05) is 84.9 Å². The van der Waals surface area contributed by atoms with Crippen molar-refractivity contribution in [3.05, 3.63) is 107 Å². The van der Waals surface area contributed by atoms with Crippen LogP contribution in [0.3, 0.4) is 0 Å². The standard InChI is InChI=1S/C25H27NO/c1-20(26-17-16-21-10-8-9-11-22(21)19-26)18-25(27,23-12-4-2-5-13-23)24-14-6-3-7-15-24/h2-15,20,27H,16-19H2,1H3. The molecule has 1 heterocycles. The summed E-state index contributed by atoms with van der Waals surface area (Å²) in [6, 6.07) is 29.1. The fraction of sp³-hybridized carbons (Fsp3) is 0.280. The maximum atomic E-state index is 11.8. The summed E-state index contributed by atoms with van der Waals surface area (Å²) in [6.07, 6.45) is 1.75. The van der Waals surface area contributed by atoms with Gasteiger partial charge < -0.3 is 5.11 Å². The molecule has 3 aromatic rings. The zero-order valence-corrected chi connectivity index (χ0v) is 15.9. The van der Waals surface area contributed by atoms with E-state index in [0.717, 1.165) is 30.6 Å². The van der Waals surface area contributed by atoms with Crippen LogP contribution < -0.4 is 0 Å². The molecule has 0 saturated heterocycles. The largest absolute Gasteiger partial charge is 0.380 e. The Balaban J connectivity index is 1.61. The lowest BCUT2D eigenvalue weighted by molar-refractivity contribution is 0.0334. The van der Waals surface area contributed by atoms with E-state index < -0.39 is 5.60 Å². The van der Waals surface area contributed by atoms with Crippen LogP contribution in [0, 0.1) is 0 Å². The monoisotopic (exact) mass is 357 g/mol. The predicted molar refractivity (Wildman–Crippen MR) is 111 cm³/mol. The lowest BCUT2D eigenvalue weighted by Crippen LogP contribution is -2.42. The summed E-state index contributed by atoms with van der Waals surface area (Å²) < 4.78 is 0. The molecule has 0 saturated carbocycles. The number of nitrogens with zero attached hydrogens (tertiary/aromatic N) is 1. The van der Waals surface area contributed by atoms with Crippen LogP contribution in [0.5, 0.6) is 0 Å². The van der Waals surface area contributed by atoms with Crippen LogP contribution in [0.2, 0.25) is 0 Å². The molecule has 0 spiro atoms. The topological polar surface area (TPSA) is 23.5 Å². The van der Waals surface area contributed by atoms with Gasteiger partial charge >= 0.3 is 0 Å². The molecule has 0 aliphatic carbocycles. The lowest BCUT2D eigenvalue weighted by Gasteiger charge is -2.39. The van der Waals surface area contributed by atoms with Gasteiger partial charge in [0, 0.05) is 19.1 Å². The van der Waals surface area contributed by atoms with E-state index in [9.17, 15) is 5.11 Å². The average Bonchev–Trinajstić information content (AvgIpc) is 2.74. The first-order valence-corrected chi connectivity index (χ1v) is 9.81. The molecule has 0 bridgehead atoms. The van der Waals surface area contributed by atoms with E-state index in [-0.39, 0.29) is 6.04 Å². The third-order valence-electron chi connectivity index (χ3n) is 5.88. The Labute approximate surface area is 162 Å². The minimum Gasteiger partial charge on any atom is -0.380 e. The highest BCUT2D eigenvalue weighted by molar-refractivity contribution is 5.36. The highest BCUT2D eigenvalue weighted by Crippen LogP contribution is 2.36. The Morgan fingerprint density at radius 3 is 1.93 bits per heavy atom. The fourth-order valence-corrected chi connectivity index (χ4v) is 4.28.